The van der Waals surface area contributed by atoms with E-state index in [0.717, 1.165) is 16.3 Å². The van der Waals surface area contributed by atoms with E-state index in [-0.39, 0.29) is 10.8 Å². The monoisotopic (exact) mass is 358 g/mol. The molecule has 1 amide bonds. The molecule has 0 spiro atoms. The first kappa shape index (κ1) is 18.9. The number of sulfonamides is 1. The molecule has 6 heteroatoms. The number of nitrogens with one attached hydrogen (secondary N) is 1. The minimum Gasteiger partial charge on any atom is -0.323 e. The van der Waals surface area contributed by atoms with Gasteiger partial charge in [-0.25, -0.2) is 12.7 Å². The van der Waals surface area contributed by atoms with Crippen LogP contribution in [0.4, 0.5) is 5.69 Å². The number of benzene rings is 2. The Bertz CT molecular complexity index is 853. The highest BCUT2D eigenvalue weighted by Crippen LogP contribution is 2.16. The second kappa shape index (κ2) is 8.09. The van der Waals surface area contributed by atoms with Gasteiger partial charge in [0.1, 0.15) is 0 Å². The number of aryl methyl sites for hydroxylation is 1. The van der Waals surface area contributed by atoms with Gasteiger partial charge in [0.15, 0.2) is 0 Å². The Morgan fingerprint density at radius 1 is 1.04 bits per heavy atom. The zero-order valence-electron chi connectivity index (χ0n) is 14.6. The first-order valence-corrected chi connectivity index (χ1v) is 9.37. The van der Waals surface area contributed by atoms with Crippen molar-refractivity contribution in [2.75, 3.05) is 19.4 Å². The molecule has 0 aliphatic carbocycles. The number of amides is 1. The largest absolute Gasteiger partial charge is 0.323 e. The second-order valence-electron chi connectivity index (χ2n) is 5.73. The van der Waals surface area contributed by atoms with E-state index in [9.17, 15) is 13.2 Å². The minimum atomic E-state index is -3.47. The van der Waals surface area contributed by atoms with Gasteiger partial charge in [-0.3, -0.25) is 4.79 Å². The molecule has 0 atom stereocenters. The number of nitrogens with zero attached hydrogens (tertiary/aromatic N) is 1. The van der Waals surface area contributed by atoms with Crippen molar-refractivity contribution in [3.8, 4) is 0 Å². The third-order valence-electron chi connectivity index (χ3n) is 3.72. The Labute approximate surface area is 149 Å². The Balaban J connectivity index is 2.01. The SMILES string of the molecule is CCc1ccc(/C=C/C(=O)Nc2ccc(S(=O)(=O)N(C)C)cc2)cc1. The second-order valence-corrected chi connectivity index (χ2v) is 7.88. The van der Waals surface area contributed by atoms with Gasteiger partial charge in [-0.05, 0) is 47.9 Å². The van der Waals surface area contributed by atoms with Gasteiger partial charge in [-0.1, -0.05) is 31.2 Å². The van der Waals surface area contributed by atoms with Crippen LogP contribution in [0.3, 0.4) is 0 Å². The zero-order valence-corrected chi connectivity index (χ0v) is 15.4. The van der Waals surface area contributed by atoms with Crippen LogP contribution in [0.5, 0.6) is 0 Å². The molecule has 0 bridgehead atoms. The Kier molecular flexibility index (Phi) is 6.12. The van der Waals surface area contributed by atoms with E-state index < -0.39 is 10.0 Å². The molecule has 0 unspecified atom stereocenters. The minimum absolute atomic E-state index is 0.182. The van der Waals surface area contributed by atoms with Gasteiger partial charge >= 0.3 is 0 Å². The van der Waals surface area contributed by atoms with Crippen LogP contribution >= 0.6 is 0 Å². The van der Waals surface area contributed by atoms with Gasteiger partial charge in [0, 0.05) is 25.9 Å². The molecule has 25 heavy (non-hydrogen) atoms. The van der Waals surface area contributed by atoms with Crippen LogP contribution in [0.15, 0.2) is 59.5 Å². The summed E-state index contributed by atoms with van der Waals surface area (Å²) in [5.41, 5.74) is 2.72. The van der Waals surface area contributed by atoms with Gasteiger partial charge in [-0.2, -0.15) is 0 Å². The summed E-state index contributed by atoms with van der Waals surface area (Å²) in [5.74, 6) is -0.275. The van der Waals surface area contributed by atoms with E-state index in [2.05, 4.69) is 12.2 Å². The summed E-state index contributed by atoms with van der Waals surface area (Å²) in [4.78, 5) is 12.2. The normalized spacial score (nSPS) is 11.8. The van der Waals surface area contributed by atoms with Crippen molar-refractivity contribution in [3.05, 3.63) is 65.7 Å². The highest BCUT2D eigenvalue weighted by atomic mass is 32.2. The van der Waals surface area contributed by atoms with Gasteiger partial charge in [0.25, 0.3) is 0 Å². The lowest BCUT2D eigenvalue weighted by Crippen LogP contribution is -2.22. The molecule has 0 aliphatic heterocycles. The molecule has 5 nitrogen and oxygen atoms in total. The summed E-state index contributed by atoms with van der Waals surface area (Å²) in [6, 6.07) is 14.1. The molecule has 2 aromatic carbocycles. The number of carbonyl (C=O) groups excluding carboxylic acids is 1. The van der Waals surface area contributed by atoms with Gasteiger partial charge in [0.2, 0.25) is 15.9 Å². The maximum Gasteiger partial charge on any atom is 0.248 e. The van der Waals surface area contributed by atoms with Crippen LogP contribution in [0.2, 0.25) is 0 Å². The van der Waals surface area contributed by atoms with Crippen molar-refractivity contribution in [1.82, 2.24) is 4.31 Å². The van der Waals surface area contributed by atoms with Crippen molar-refractivity contribution in [1.29, 1.82) is 0 Å². The maximum atomic E-state index is 12.0. The number of hydrogen-bond donors (Lipinski definition) is 1. The summed E-state index contributed by atoms with van der Waals surface area (Å²) in [6.45, 7) is 2.09. The molecule has 0 heterocycles. The van der Waals surface area contributed by atoms with E-state index in [1.807, 2.05) is 24.3 Å². The summed E-state index contributed by atoms with van der Waals surface area (Å²) < 4.78 is 25.1. The third kappa shape index (κ3) is 5.01. The van der Waals surface area contributed by atoms with Gasteiger partial charge in [0.05, 0.1) is 4.90 Å². The van der Waals surface area contributed by atoms with Crippen molar-refractivity contribution < 1.29 is 13.2 Å². The molecular formula is C19H22N2O3S. The number of carbonyl (C=O) groups is 1. The van der Waals surface area contributed by atoms with Crippen LogP contribution in [0.25, 0.3) is 6.08 Å². The fourth-order valence-corrected chi connectivity index (χ4v) is 3.04. The van der Waals surface area contributed by atoms with Crippen molar-refractivity contribution >= 4 is 27.7 Å². The Hall–Kier alpha value is -2.44. The third-order valence-corrected chi connectivity index (χ3v) is 5.54. The summed E-state index contributed by atoms with van der Waals surface area (Å²) in [6.07, 6.45) is 4.16. The lowest BCUT2D eigenvalue weighted by atomic mass is 10.1. The molecule has 0 aliphatic rings. The average Bonchev–Trinajstić information content (AvgIpc) is 2.60. The van der Waals surface area contributed by atoms with E-state index >= 15 is 0 Å². The smallest absolute Gasteiger partial charge is 0.248 e. The van der Waals surface area contributed by atoms with Crippen LogP contribution < -0.4 is 5.32 Å². The lowest BCUT2D eigenvalue weighted by molar-refractivity contribution is -0.111. The summed E-state index contributed by atoms with van der Waals surface area (Å²) >= 11 is 0. The number of anilines is 1. The van der Waals surface area contributed by atoms with Crippen LogP contribution in [0.1, 0.15) is 18.1 Å². The predicted molar refractivity (Wildman–Crippen MR) is 101 cm³/mol. The Morgan fingerprint density at radius 2 is 1.64 bits per heavy atom. The molecule has 1 N–H and O–H groups in total. The standard InChI is InChI=1S/C19H22N2O3S/c1-4-15-5-7-16(8-6-15)9-14-19(22)20-17-10-12-18(13-11-17)25(23,24)21(2)3/h5-14H,4H2,1-3H3,(H,20,22)/b14-9+. The zero-order chi connectivity index (χ0) is 18.4. The summed E-state index contributed by atoms with van der Waals surface area (Å²) in [7, 11) is -0.517. The topological polar surface area (TPSA) is 66.5 Å². The maximum absolute atomic E-state index is 12.0. The van der Waals surface area contributed by atoms with Gasteiger partial charge in [-0.15, -0.1) is 0 Å². The van der Waals surface area contributed by atoms with E-state index in [1.54, 1.807) is 18.2 Å². The van der Waals surface area contributed by atoms with E-state index in [1.165, 1.54) is 37.9 Å². The quantitative estimate of drug-likeness (QED) is 0.807. The van der Waals surface area contributed by atoms with Crippen molar-refractivity contribution in [3.63, 3.8) is 0 Å². The van der Waals surface area contributed by atoms with E-state index in [4.69, 9.17) is 0 Å². The van der Waals surface area contributed by atoms with Crippen LogP contribution in [0, 0.1) is 0 Å². The lowest BCUT2D eigenvalue weighted by Gasteiger charge is -2.11. The first-order valence-electron chi connectivity index (χ1n) is 7.93. The van der Waals surface area contributed by atoms with Gasteiger partial charge < -0.3 is 5.32 Å². The molecule has 2 aromatic rings. The number of hydrogen-bond acceptors (Lipinski definition) is 3. The highest BCUT2D eigenvalue weighted by molar-refractivity contribution is 7.89. The molecule has 0 saturated carbocycles. The van der Waals surface area contributed by atoms with E-state index in [0.29, 0.717) is 5.69 Å². The fraction of sp³-hybridized carbons (Fsp3) is 0.211. The average molecular weight is 358 g/mol. The van der Waals surface area contributed by atoms with Crippen molar-refractivity contribution in [2.45, 2.75) is 18.2 Å². The molecule has 2 rings (SSSR count). The highest BCUT2D eigenvalue weighted by Gasteiger charge is 2.16. The Morgan fingerprint density at radius 3 is 2.16 bits per heavy atom. The van der Waals surface area contributed by atoms with Crippen LogP contribution in [-0.4, -0.2) is 32.7 Å². The molecule has 132 valence electrons. The molecular weight excluding hydrogens is 336 g/mol. The fourth-order valence-electron chi connectivity index (χ4n) is 2.14. The van der Waals surface area contributed by atoms with Crippen LogP contribution in [-0.2, 0) is 21.2 Å². The summed E-state index contributed by atoms with van der Waals surface area (Å²) in [5, 5.41) is 2.71. The molecule has 0 saturated heterocycles. The van der Waals surface area contributed by atoms with Crippen molar-refractivity contribution in [2.24, 2.45) is 0 Å². The number of rotatable bonds is 6. The first-order chi connectivity index (χ1) is 11.8. The molecule has 0 radical (unpaired) electrons. The molecule has 0 fully saturated rings. The predicted octanol–water partition coefficient (Wildman–Crippen LogP) is 3.15. The molecule has 0 aromatic heterocycles.